The third-order valence-electron chi connectivity index (χ3n) is 5.81. The SMILES string of the molecule is CCN1CCCC1CNC(=NC)NCCCN(C)C1CCCCC1.I. The summed E-state index contributed by atoms with van der Waals surface area (Å²) >= 11 is 0. The smallest absolute Gasteiger partial charge is 0.191 e. The number of halogens is 1. The normalized spacial score (nSPS) is 22.9. The van der Waals surface area contributed by atoms with Crippen molar-refractivity contribution in [3.8, 4) is 0 Å². The Morgan fingerprint density at radius 1 is 1.12 bits per heavy atom. The van der Waals surface area contributed by atoms with Gasteiger partial charge in [-0.1, -0.05) is 26.2 Å². The van der Waals surface area contributed by atoms with E-state index >= 15 is 0 Å². The second kappa shape index (κ2) is 13.1. The molecule has 1 aliphatic carbocycles. The summed E-state index contributed by atoms with van der Waals surface area (Å²) in [5, 5.41) is 6.99. The third-order valence-corrected chi connectivity index (χ3v) is 5.81. The maximum atomic E-state index is 4.37. The topological polar surface area (TPSA) is 42.9 Å². The predicted molar refractivity (Wildman–Crippen MR) is 119 cm³/mol. The number of likely N-dealkylation sites (tertiary alicyclic amines) is 1. The number of likely N-dealkylation sites (N-methyl/N-ethyl adjacent to an activating group) is 1. The fourth-order valence-corrected chi connectivity index (χ4v) is 4.22. The molecular weight excluding hydrogens is 425 g/mol. The summed E-state index contributed by atoms with van der Waals surface area (Å²) in [6.45, 7) is 7.86. The van der Waals surface area contributed by atoms with Crippen molar-refractivity contribution in [2.75, 3.05) is 46.8 Å². The Labute approximate surface area is 172 Å². The Morgan fingerprint density at radius 3 is 2.56 bits per heavy atom. The van der Waals surface area contributed by atoms with Crippen molar-refractivity contribution < 1.29 is 0 Å². The lowest BCUT2D eigenvalue weighted by Gasteiger charge is -2.31. The van der Waals surface area contributed by atoms with Crippen LogP contribution in [0.4, 0.5) is 0 Å². The van der Waals surface area contributed by atoms with Crippen LogP contribution in [0, 0.1) is 0 Å². The molecule has 1 saturated heterocycles. The summed E-state index contributed by atoms with van der Waals surface area (Å²) in [5.41, 5.74) is 0. The van der Waals surface area contributed by atoms with E-state index in [1.165, 1.54) is 64.5 Å². The van der Waals surface area contributed by atoms with Crippen molar-refractivity contribution in [2.24, 2.45) is 4.99 Å². The largest absolute Gasteiger partial charge is 0.356 e. The van der Waals surface area contributed by atoms with E-state index < -0.39 is 0 Å². The first kappa shape index (κ1) is 23.0. The van der Waals surface area contributed by atoms with E-state index in [1.807, 2.05) is 7.05 Å². The van der Waals surface area contributed by atoms with Gasteiger partial charge in [-0.15, -0.1) is 24.0 Å². The van der Waals surface area contributed by atoms with Crippen LogP contribution in [0.15, 0.2) is 4.99 Å². The molecule has 0 aromatic rings. The number of nitrogens with zero attached hydrogens (tertiary/aromatic N) is 3. The summed E-state index contributed by atoms with van der Waals surface area (Å²) in [6, 6.07) is 1.49. The third kappa shape index (κ3) is 7.99. The average molecular weight is 465 g/mol. The Hall–Kier alpha value is -0.0800. The highest BCUT2D eigenvalue weighted by molar-refractivity contribution is 14.0. The Bertz CT molecular complexity index is 371. The van der Waals surface area contributed by atoms with Crippen LogP contribution in [0.2, 0.25) is 0 Å². The standard InChI is InChI=1S/C19H39N5.HI/c1-4-24-15-8-12-18(24)16-22-19(20-2)21-13-9-14-23(3)17-10-6-5-7-11-17;/h17-18H,4-16H2,1-3H3,(H2,20,21,22);1H. The van der Waals surface area contributed by atoms with E-state index in [-0.39, 0.29) is 24.0 Å². The van der Waals surface area contributed by atoms with E-state index in [4.69, 9.17) is 0 Å². The van der Waals surface area contributed by atoms with Gasteiger partial charge in [0.2, 0.25) is 0 Å². The highest BCUT2D eigenvalue weighted by atomic mass is 127. The Morgan fingerprint density at radius 2 is 1.88 bits per heavy atom. The van der Waals surface area contributed by atoms with Gasteiger partial charge < -0.3 is 15.5 Å². The maximum absolute atomic E-state index is 4.37. The molecule has 0 spiro atoms. The van der Waals surface area contributed by atoms with Crippen molar-refractivity contribution in [2.45, 2.75) is 70.4 Å². The molecule has 0 amide bonds. The van der Waals surface area contributed by atoms with Gasteiger partial charge in [0, 0.05) is 32.2 Å². The van der Waals surface area contributed by atoms with Crippen molar-refractivity contribution in [3.63, 3.8) is 0 Å². The lowest BCUT2D eigenvalue weighted by atomic mass is 9.94. The number of hydrogen-bond donors (Lipinski definition) is 2. The van der Waals surface area contributed by atoms with Gasteiger partial charge in [0.15, 0.2) is 5.96 Å². The number of aliphatic imine (C=N–C) groups is 1. The highest BCUT2D eigenvalue weighted by Gasteiger charge is 2.22. The quantitative estimate of drug-likeness (QED) is 0.251. The van der Waals surface area contributed by atoms with Crippen LogP contribution in [0.5, 0.6) is 0 Å². The number of guanidine groups is 1. The van der Waals surface area contributed by atoms with Crippen molar-refractivity contribution in [1.29, 1.82) is 0 Å². The minimum atomic E-state index is 0. The zero-order valence-electron chi connectivity index (χ0n) is 16.6. The number of nitrogens with one attached hydrogen (secondary N) is 2. The summed E-state index contributed by atoms with van der Waals surface area (Å²) in [4.78, 5) is 9.50. The summed E-state index contributed by atoms with van der Waals surface area (Å²) < 4.78 is 0. The molecule has 1 heterocycles. The molecule has 1 aliphatic heterocycles. The molecule has 6 heteroatoms. The molecule has 0 radical (unpaired) electrons. The molecule has 148 valence electrons. The van der Waals surface area contributed by atoms with Gasteiger partial charge in [0.25, 0.3) is 0 Å². The molecule has 2 fully saturated rings. The lowest BCUT2D eigenvalue weighted by Crippen LogP contribution is -2.45. The predicted octanol–water partition coefficient (Wildman–Crippen LogP) is 2.91. The van der Waals surface area contributed by atoms with Crippen LogP contribution in [0.1, 0.15) is 58.3 Å². The van der Waals surface area contributed by atoms with Crippen LogP contribution in [0.3, 0.4) is 0 Å². The van der Waals surface area contributed by atoms with Crippen molar-refractivity contribution in [3.05, 3.63) is 0 Å². The van der Waals surface area contributed by atoms with E-state index in [2.05, 4.69) is 39.4 Å². The Kier molecular flexibility index (Phi) is 12.1. The van der Waals surface area contributed by atoms with Crippen LogP contribution >= 0.6 is 24.0 Å². The molecule has 0 aromatic carbocycles. The van der Waals surface area contributed by atoms with Gasteiger partial charge in [0.1, 0.15) is 0 Å². The minimum absolute atomic E-state index is 0. The molecular formula is C19H40IN5. The van der Waals surface area contributed by atoms with Crippen LogP contribution in [-0.4, -0.2) is 74.7 Å². The maximum Gasteiger partial charge on any atom is 0.191 e. The van der Waals surface area contributed by atoms with Crippen LogP contribution in [-0.2, 0) is 0 Å². The first-order valence-electron chi connectivity index (χ1n) is 10.1. The molecule has 25 heavy (non-hydrogen) atoms. The van der Waals surface area contributed by atoms with Crippen molar-refractivity contribution in [1.82, 2.24) is 20.4 Å². The molecule has 0 bridgehead atoms. The monoisotopic (exact) mass is 465 g/mol. The van der Waals surface area contributed by atoms with E-state index in [0.29, 0.717) is 6.04 Å². The second-order valence-corrected chi connectivity index (χ2v) is 7.43. The molecule has 2 aliphatic rings. The van der Waals surface area contributed by atoms with Crippen molar-refractivity contribution >= 4 is 29.9 Å². The van der Waals surface area contributed by atoms with Crippen LogP contribution in [0.25, 0.3) is 0 Å². The van der Waals surface area contributed by atoms with E-state index in [9.17, 15) is 0 Å². The summed E-state index contributed by atoms with van der Waals surface area (Å²) in [5.74, 6) is 0.957. The molecule has 1 saturated carbocycles. The molecule has 2 N–H and O–H groups in total. The molecule has 1 unspecified atom stereocenters. The second-order valence-electron chi connectivity index (χ2n) is 7.43. The van der Waals surface area contributed by atoms with E-state index in [1.54, 1.807) is 0 Å². The first-order valence-corrected chi connectivity index (χ1v) is 10.1. The van der Waals surface area contributed by atoms with E-state index in [0.717, 1.165) is 31.6 Å². The molecule has 2 rings (SSSR count). The lowest BCUT2D eigenvalue weighted by molar-refractivity contribution is 0.190. The zero-order chi connectivity index (χ0) is 17.2. The van der Waals surface area contributed by atoms with Gasteiger partial charge in [0.05, 0.1) is 0 Å². The number of hydrogen-bond acceptors (Lipinski definition) is 3. The Balaban J connectivity index is 0.00000312. The van der Waals surface area contributed by atoms with Gasteiger partial charge >= 0.3 is 0 Å². The van der Waals surface area contributed by atoms with Gasteiger partial charge in [-0.2, -0.15) is 0 Å². The van der Waals surface area contributed by atoms with Gasteiger partial charge in [-0.25, -0.2) is 0 Å². The molecule has 1 atom stereocenters. The molecule has 0 aromatic heterocycles. The number of rotatable bonds is 8. The minimum Gasteiger partial charge on any atom is -0.356 e. The fraction of sp³-hybridized carbons (Fsp3) is 0.947. The molecule has 5 nitrogen and oxygen atoms in total. The summed E-state index contributed by atoms with van der Waals surface area (Å²) in [7, 11) is 4.16. The van der Waals surface area contributed by atoms with Gasteiger partial charge in [-0.3, -0.25) is 9.89 Å². The van der Waals surface area contributed by atoms with Crippen LogP contribution < -0.4 is 10.6 Å². The summed E-state index contributed by atoms with van der Waals surface area (Å²) in [6.07, 6.45) is 10.9. The van der Waals surface area contributed by atoms with Gasteiger partial charge in [-0.05, 0) is 58.8 Å². The fourth-order valence-electron chi connectivity index (χ4n) is 4.22. The zero-order valence-corrected chi connectivity index (χ0v) is 18.9. The first-order chi connectivity index (χ1) is 11.7. The average Bonchev–Trinajstić information content (AvgIpc) is 3.09. The highest BCUT2D eigenvalue weighted by Crippen LogP contribution is 2.21.